The standard InChI is InChI=1S/C17H27NO/c1-7-18-17(5,6)15(19)12-13-8-10-14(11-9-13)16(2,3)4/h8-11,18H,7,12H2,1-6H3. The van der Waals surface area contributed by atoms with Gasteiger partial charge in [0.15, 0.2) is 5.78 Å². The summed E-state index contributed by atoms with van der Waals surface area (Å²) in [7, 11) is 0. The zero-order valence-electron chi connectivity index (χ0n) is 13.1. The van der Waals surface area contributed by atoms with E-state index in [0.717, 1.165) is 12.1 Å². The number of carbonyl (C=O) groups is 1. The van der Waals surface area contributed by atoms with Gasteiger partial charge in [-0.3, -0.25) is 4.79 Å². The van der Waals surface area contributed by atoms with Crippen LogP contribution in [-0.2, 0) is 16.6 Å². The summed E-state index contributed by atoms with van der Waals surface area (Å²) >= 11 is 0. The predicted molar refractivity (Wildman–Crippen MR) is 81.6 cm³/mol. The van der Waals surface area contributed by atoms with Gasteiger partial charge in [-0.25, -0.2) is 0 Å². The molecule has 0 fully saturated rings. The van der Waals surface area contributed by atoms with E-state index in [1.807, 2.05) is 20.8 Å². The predicted octanol–water partition coefficient (Wildman–Crippen LogP) is 3.48. The molecule has 0 aliphatic heterocycles. The van der Waals surface area contributed by atoms with Gasteiger partial charge in [0.1, 0.15) is 0 Å². The Balaban J connectivity index is 2.76. The fourth-order valence-electron chi connectivity index (χ4n) is 2.07. The minimum atomic E-state index is -0.447. The molecule has 1 rings (SSSR count). The minimum absolute atomic E-state index is 0.158. The largest absolute Gasteiger partial charge is 0.306 e. The lowest BCUT2D eigenvalue weighted by atomic mass is 9.86. The Morgan fingerprint density at radius 1 is 1.05 bits per heavy atom. The smallest absolute Gasteiger partial charge is 0.156 e. The van der Waals surface area contributed by atoms with Crippen molar-refractivity contribution in [3.05, 3.63) is 35.4 Å². The Hall–Kier alpha value is -1.15. The number of nitrogens with one attached hydrogen (secondary N) is 1. The normalized spacial score (nSPS) is 12.5. The zero-order valence-corrected chi connectivity index (χ0v) is 13.1. The first-order valence-corrected chi connectivity index (χ1v) is 7.04. The molecule has 19 heavy (non-hydrogen) atoms. The van der Waals surface area contributed by atoms with Gasteiger partial charge < -0.3 is 5.32 Å². The summed E-state index contributed by atoms with van der Waals surface area (Å²) in [4.78, 5) is 12.2. The highest BCUT2D eigenvalue weighted by Gasteiger charge is 2.25. The third-order valence-corrected chi connectivity index (χ3v) is 3.50. The summed E-state index contributed by atoms with van der Waals surface area (Å²) in [6.45, 7) is 13.3. The minimum Gasteiger partial charge on any atom is -0.306 e. The van der Waals surface area contributed by atoms with Crippen LogP contribution in [0.5, 0.6) is 0 Å². The maximum atomic E-state index is 12.2. The van der Waals surface area contributed by atoms with Crippen LogP contribution in [0.15, 0.2) is 24.3 Å². The van der Waals surface area contributed by atoms with Gasteiger partial charge in [0.25, 0.3) is 0 Å². The molecular weight excluding hydrogens is 234 g/mol. The maximum absolute atomic E-state index is 12.2. The number of benzene rings is 1. The molecule has 0 saturated carbocycles. The Morgan fingerprint density at radius 3 is 2.00 bits per heavy atom. The molecule has 1 aromatic carbocycles. The molecule has 2 heteroatoms. The first-order valence-electron chi connectivity index (χ1n) is 7.04. The molecule has 0 atom stereocenters. The van der Waals surface area contributed by atoms with Gasteiger partial charge in [-0.1, -0.05) is 52.0 Å². The number of carbonyl (C=O) groups excluding carboxylic acids is 1. The Kier molecular flexibility index (Phi) is 4.92. The molecule has 0 heterocycles. The van der Waals surface area contributed by atoms with Crippen LogP contribution in [-0.4, -0.2) is 17.9 Å². The number of ketones is 1. The fraction of sp³-hybridized carbons (Fsp3) is 0.588. The van der Waals surface area contributed by atoms with Crippen molar-refractivity contribution >= 4 is 5.78 Å². The van der Waals surface area contributed by atoms with Gasteiger partial charge in [0, 0.05) is 6.42 Å². The second kappa shape index (κ2) is 5.87. The zero-order chi connectivity index (χ0) is 14.7. The van der Waals surface area contributed by atoms with Crippen molar-refractivity contribution in [1.29, 1.82) is 0 Å². The molecule has 2 nitrogen and oxygen atoms in total. The fourth-order valence-corrected chi connectivity index (χ4v) is 2.07. The lowest BCUT2D eigenvalue weighted by Crippen LogP contribution is -2.47. The van der Waals surface area contributed by atoms with E-state index in [9.17, 15) is 4.79 Å². The summed E-state index contributed by atoms with van der Waals surface area (Å²) in [5, 5.41) is 3.23. The van der Waals surface area contributed by atoms with E-state index in [0.29, 0.717) is 6.42 Å². The van der Waals surface area contributed by atoms with E-state index in [-0.39, 0.29) is 11.2 Å². The van der Waals surface area contributed by atoms with Crippen molar-refractivity contribution in [1.82, 2.24) is 5.32 Å². The van der Waals surface area contributed by atoms with Crippen LogP contribution >= 0.6 is 0 Å². The average Bonchev–Trinajstić information content (AvgIpc) is 2.28. The third kappa shape index (κ3) is 4.46. The first-order chi connectivity index (χ1) is 8.66. The monoisotopic (exact) mass is 261 g/mol. The SMILES string of the molecule is CCNC(C)(C)C(=O)Cc1ccc(C(C)(C)C)cc1. The lowest BCUT2D eigenvalue weighted by molar-refractivity contribution is -0.123. The molecule has 0 aliphatic carbocycles. The second-order valence-electron chi connectivity index (χ2n) is 6.70. The highest BCUT2D eigenvalue weighted by molar-refractivity contribution is 5.89. The van der Waals surface area contributed by atoms with E-state index in [1.165, 1.54) is 5.56 Å². The Morgan fingerprint density at radius 2 is 1.58 bits per heavy atom. The van der Waals surface area contributed by atoms with Crippen LogP contribution in [0.4, 0.5) is 0 Å². The molecule has 0 spiro atoms. The Labute approximate surface area is 117 Å². The molecule has 0 amide bonds. The van der Waals surface area contributed by atoms with Crippen molar-refractivity contribution in [2.45, 2.75) is 58.9 Å². The van der Waals surface area contributed by atoms with Gasteiger partial charge in [0.2, 0.25) is 0 Å². The van der Waals surface area contributed by atoms with Crippen LogP contribution in [0.25, 0.3) is 0 Å². The van der Waals surface area contributed by atoms with Crippen molar-refractivity contribution in [2.24, 2.45) is 0 Å². The summed E-state index contributed by atoms with van der Waals surface area (Å²) in [6.07, 6.45) is 0.490. The summed E-state index contributed by atoms with van der Waals surface area (Å²) in [5.41, 5.74) is 2.10. The van der Waals surface area contributed by atoms with Crippen molar-refractivity contribution in [2.75, 3.05) is 6.54 Å². The molecule has 0 aliphatic rings. The van der Waals surface area contributed by atoms with E-state index in [2.05, 4.69) is 50.4 Å². The first kappa shape index (κ1) is 15.9. The average molecular weight is 261 g/mol. The second-order valence-corrected chi connectivity index (χ2v) is 6.70. The van der Waals surface area contributed by atoms with E-state index in [4.69, 9.17) is 0 Å². The molecule has 1 N–H and O–H groups in total. The van der Waals surface area contributed by atoms with E-state index < -0.39 is 5.54 Å². The summed E-state index contributed by atoms with van der Waals surface area (Å²) in [6, 6.07) is 8.40. The van der Waals surface area contributed by atoms with Crippen molar-refractivity contribution in [3.8, 4) is 0 Å². The third-order valence-electron chi connectivity index (χ3n) is 3.50. The molecular formula is C17H27NO. The maximum Gasteiger partial charge on any atom is 0.156 e. The molecule has 0 saturated heterocycles. The number of likely N-dealkylation sites (N-methyl/N-ethyl adjacent to an activating group) is 1. The number of hydrogen-bond acceptors (Lipinski definition) is 2. The summed E-state index contributed by atoms with van der Waals surface area (Å²) in [5.74, 6) is 0.234. The van der Waals surface area contributed by atoms with Crippen LogP contribution in [0.3, 0.4) is 0 Å². The summed E-state index contributed by atoms with van der Waals surface area (Å²) < 4.78 is 0. The molecule has 0 radical (unpaired) electrons. The highest BCUT2D eigenvalue weighted by Crippen LogP contribution is 2.22. The number of hydrogen-bond donors (Lipinski definition) is 1. The van der Waals surface area contributed by atoms with E-state index >= 15 is 0 Å². The van der Waals surface area contributed by atoms with Crippen molar-refractivity contribution in [3.63, 3.8) is 0 Å². The van der Waals surface area contributed by atoms with Gasteiger partial charge in [0.05, 0.1) is 5.54 Å². The van der Waals surface area contributed by atoms with Gasteiger partial charge in [-0.2, -0.15) is 0 Å². The van der Waals surface area contributed by atoms with Crippen LogP contribution in [0.2, 0.25) is 0 Å². The molecule has 1 aromatic rings. The van der Waals surface area contributed by atoms with Gasteiger partial charge in [-0.05, 0) is 36.9 Å². The highest BCUT2D eigenvalue weighted by atomic mass is 16.1. The Bertz CT molecular complexity index is 424. The quantitative estimate of drug-likeness (QED) is 0.879. The molecule has 0 bridgehead atoms. The van der Waals surface area contributed by atoms with Crippen LogP contribution in [0.1, 0.15) is 52.7 Å². The van der Waals surface area contributed by atoms with Gasteiger partial charge in [-0.15, -0.1) is 0 Å². The van der Waals surface area contributed by atoms with Gasteiger partial charge >= 0.3 is 0 Å². The van der Waals surface area contributed by atoms with E-state index in [1.54, 1.807) is 0 Å². The molecule has 106 valence electrons. The van der Waals surface area contributed by atoms with Crippen molar-refractivity contribution < 1.29 is 4.79 Å². The lowest BCUT2D eigenvalue weighted by Gasteiger charge is -2.24. The van der Waals surface area contributed by atoms with Crippen LogP contribution in [0, 0.1) is 0 Å². The topological polar surface area (TPSA) is 29.1 Å². The molecule has 0 aromatic heterocycles. The number of Topliss-reactive ketones (excluding diaryl/α,β-unsaturated/α-hetero) is 1. The van der Waals surface area contributed by atoms with Crippen LogP contribution < -0.4 is 5.32 Å². The molecule has 0 unspecified atom stereocenters. The number of rotatable bonds is 5.